The highest BCUT2D eigenvalue weighted by Gasteiger charge is 2.26. The Morgan fingerprint density at radius 3 is 2.81 bits per heavy atom. The lowest BCUT2D eigenvalue weighted by molar-refractivity contribution is 0.0936. The Bertz CT molecular complexity index is 1350. The van der Waals surface area contributed by atoms with Crippen molar-refractivity contribution in [2.75, 3.05) is 0 Å². The first kappa shape index (κ1) is 19.7. The molecule has 1 atom stereocenters. The minimum absolute atomic E-state index is 0.0888. The summed E-state index contributed by atoms with van der Waals surface area (Å²) in [6, 6.07) is 12.9. The summed E-state index contributed by atoms with van der Waals surface area (Å²) in [5.74, 6) is -0.972. The Morgan fingerprint density at radius 2 is 2.00 bits per heavy atom. The standard InChI is InChI=1S/C22H18N4O3S2/c23-19(27)12-10-11-13(24-20(12)28)5-3-6-14(11)25-21(29)17-8-9-18(30-17)22-26-15-4-1-2-7-16(15)31-22/h1-2,4,7-10,14H,3,5-6H2,(H2,23,27)(H,24,28)(H,25,29). The maximum atomic E-state index is 12.9. The molecule has 1 unspecified atom stereocenters. The molecule has 4 N–H and O–H groups in total. The predicted octanol–water partition coefficient (Wildman–Crippen LogP) is 3.62. The molecule has 3 aromatic heterocycles. The average molecular weight is 451 g/mol. The van der Waals surface area contributed by atoms with Gasteiger partial charge in [-0.1, -0.05) is 12.1 Å². The van der Waals surface area contributed by atoms with Crippen molar-refractivity contribution in [3.05, 3.63) is 74.5 Å². The van der Waals surface area contributed by atoms with Crippen molar-refractivity contribution < 1.29 is 9.59 Å². The number of carbonyl (C=O) groups is 2. The Labute approximate surface area is 185 Å². The topological polar surface area (TPSA) is 118 Å². The molecule has 3 heterocycles. The summed E-state index contributed by atoms with van der Waals surface area (Å²) in [5, 5.41) is 3.93. The summed E-state index contributed by atoms with van der Waals surface area (Å²) in [7, 11) is 0. The number of benzene rings is 1. The molecule has 0 bridgehead atoms. The van der Waals surface area contributed by atoms with Gasteiger partial charge in [-0.3, -0.25) is 14.4 Å². The van der Waals surface area contributed by atoms with Crippen LogP contribution in [-0.2, 0) is 6.42 Å². The van der Waals surface area contributed by atoms with E-state index in [1.807, 2.05) is 30.3 Å². The number of H-pyrrole nitrogens is 1. The summed E-state index contributed by atoms with van der Waals surface area (Å²) in [6.07, 6.45) is 2.24. The lowest BCUT2D eigenvalue weighted by atomic mass is 9.90. The van der Waals surface area contributed by atoms with Crippen molar-refractivity contribution in [1.29, 1.82) is 0 Å². The Balaban J connectivity index is 1.40. The van der Waals surface area contributed by atoms with Crippen LogP contribution in [0, 0.1) is 0 Å². The number of carbonyl (C=O) groups excluding carboxylic acids is 2. The van der Waals surface area contributed by atoms with Crippen LogP contribution in [0.4, 0.5) is 0 Å². The number of nitrogens with two attached hydrogens (primary N) is 1. The van der Waals surface area contributed by atoms with E-state index in [2.05, 4.69) is 15.3 Å². The number of rotatable bonds is 4. The predicted molar refractivity (Wildman–Crippen MR) is 122 cm³/mol. The van der Waals surface area contributed by atoms with Gasteiger partial charge in [0.05, 0.1) is 26.0 Å². The van der Waals surface area contributed by atoms with E-state index in [-0.39, 0.29) is 17.5 Å². The molecule has 1 aromatic carbocycles. The highest BCUT2D eigenvalue weighted by Crippen LogP contribution is 2.35. The number of aryl methyl sites for hydroxylation is 1. The average Bonchev–Trinajstić information content (AvgIpc) is 3.40. The van der Waals surface area contributed by atoms with E-state index in [0.717, 1.165) is 44.2 Å². The molecule has 0 saturated heterocycles. The summed E-state index contributed by atoms with van der Waals surface area (Å²) < 4.78 is 1.11. The lowest BCUT2D eigenvalue weighted by Crippen LogP contribution is -2.33. The fraction of sp³-hybridized carbons (Fsp3) is 0.182. The van der Waals surface area contributed by atoms with E-state index >= 15 is 0 Å². The normalized spacial score (nSPS) is 15.5. The zero-order chi connectivity index (χ0) is 21.5. The van der Waals surface area contributed by atoms with Crippen LogP contribution in [0.3, 0.4) is 0 Å². The SMILES string of the molecule is NC(=O)c1cc2c([nH]c1=O)CCCC2NC(=O)c1ccc(-c2nc3ccccc3s2)s1. The molecule has 0 spiro atoms. The van der Waals surface area contributed by atoms with Crippen LogP contribution in [0.1, 0.15) is 50.2 Å². The Hall–Kier alpha value is -3.30. The molecular formula is C22H18N4O3S2. The van der Waals surface area contributed by atoms with Gasteiger partial charge in [-0.15, -0.1) is 22.7 Å². The van der Waals surface area contributed by atoms with Crippen molar-refractivity contribution in [2.45, 2.75) is 25.3 Å². The number of hydrogen-bond acceptors (Lipinski definition) is 6. The van der Waals surface area contributed by atoms with Crippen LogP contribution < -0.4 is 16.6 Å². The molecule has 2 amide bonds. The molecule has 156 valence electrons. The van der Waals surface area contributed by atoms with E-state index in [0.29, 0.717) is 11.3 Å². The van der Waals surface area contributed by atoms with Crippen molar-refractivity contribution in [2.24, 2.45) is 5.73 Å². The second-order valence-corrected chi connectivity index (χ2v) is 9.49. The number of nitrogens with zero attached hydrogens (tertiary/aromatic N) is 1. The van der Waals surface area contributed by atoms with Gasteiger partial charge in [-0.2, -0.15) is 0 Å². The lowest BCUT2D eigenvalue weighted by Gasteiger charge is -2.26. The highest BCUT2D eigenvalue weighted by atomic mass is 32.1. The zero-order valence-corrected chi connectivity index (χ0v) is 17.9. The minimum atomic E-state index is -0.779. The third-order valence-electron chi connectivity index (χ3n) is 5.36. The van der Waals surface area contributed by atoms with Crippen molar-refractivity contribution in [3.63, 3.8) is 0 Å². The van der Waals surface area contributed by atoms with Crippen molar-refractivity contribution >= 4 is 44.7 Å². The number of aromatic nitrogens is 2. The number of nitrogens with one attached hydrogen (secondary N) is 2. The van der Waals surface area contributed by atoms with Crippen molar-refractivity contribution in [3.8, 4) is 9.88 Å². The monoisotopic (exact) mass is 450 g/mol. The van der Waals surface area contributed by atoms with Crippen LogP contribution >= 0.6 is 22.7 Å². The van der Waals surface area contributed by atoms with Crippen LogP contribution in [0.2, 0.25) is 0 Å². The molecule has 1 aliphatic rings. The fourth-order valence-corrected chi connectivity index (χ4v) is 5.79. The third kappa shape index (κ3) is 3.66. The van der Waals surface area contributed by atoms with Crippen LogP contribution in [0.25, 0.3) is 20.1 Å². The maximum absolute atomic E-state index is 12.9. The molecule has 0 radical (unpaired) electrons. The molecule has 5 rings (SSSR count). The first-order valence-electron chi connectivity index (χ1n) is 9.82. The molecule has 0 saturated carbocycles. The summed E-state index contributed by atoms with van der Waals surface area (Å²) >= 11 is 2.99. The van der Waals surface area contributed by atoms with E-state index in [9.17, 15) is 14.4 Å². The molecule has 0 fully saturated rings. The number of amides is 2. The van der Waals surface area contributed by atoms with Gasteiger partial charge in [-0.05, 0) is 55.2 Å². The molecule has 9 heteroatoms. The Kier molecular flexibility index (Phi) is 4.91. The van der Waals surface area contributed by atoms with Crippen LogP contribution in [-0.4, -0.2) is 21.8 Å². The Morgan fingerprint density at radius 1 is 1.16 bits per heavy atom. The van der Waals surface area contributed by atoms with E-state index < -0.39 is 11.5 Å². The first-order chi connectivity index (χ1) is 15.0. The smallest absolute Gasteiger partial charge is 0.261 e. The molecular weight excluding hydrogens is 432 g/mol. The third-order valence-corrected chi connectivity index (χ3v) is 7.65. The second-order valence-electron chi connectivity index (χ2n) is 7.38. The molecule has 0 aliphatic heterocycles. The number of aromatic amines is 1. The van der Waals surface area contributed by atoms with Crippen LogP contribution in [0.15, 0.2) is 47.3 Å². The van der Waals surface area contributed by atoms with E-state index in [4.69, 9.17) is 5.73 Å². The summed E-state index contributed by atoms with van der Waals surface area (Å²) in [4.78, 5) is 45.5. The van der Waals surface area contributed by atoms with Gasteiger partial charge in [-0.25, -0.2) is 4.98 Å². The molecule has 31 heavy (non-hydrogen) atoms. The number of hydrogen-bond donors (Lipinski definition) is 3. The molecule has 4 aromatic rings. The van der Waals surface area contributed by atoms with E-state index in [1.165, 1.54) is 17.4 Å². The summed E-state index contributed by atoms with van der Waals surface area (Å²) in [6.45, 7) is 0. The van der Waals surface area contributed by atoms with Gasteiger partial charge in [0, 0.05) is 5.69 Å². The number of thiophene rings is 1. The zero-order valence-electron chi connectivity index (χ0n) is 16.3. The molecule has 7 nitrogen and oxygen atoms in total. The summed E-state index contributed by atoms with van der Waals surface area (Å²) in [5.41, 5.74) is 7.18. The highest BCUT2D eigenvalue weighted by molar-refractivity contribution is 7.26. The number of primary amides is 1. The van der Waals surface area contributed by atoms with Gasteiger partial charge >= 0.3 is 0 Å². The first-order valence-corrected chi connectivity index (χ1v) is 11.5. The number of fused-ring (bicyclic) bond motifs is 2. The fourth-order valence-electron chi connectivity index (χ4n) is 3.86. The largest absolute Gasteiger partial charge is 0.365 e. The van der Waals surface area contributed by atoms with Crippen molar-refractivity contribution in [1.82, 2.24) is 15.3 Å². The van der Waals surface area contributed by atoms with E-state index in [1.54, 1.807) is 17.4 Å². The number of para-hydroxylation sites is 1. The minimum Gasteiger partial charge on any atom is -0.365 e. The maximum Gasteiger partial charge on any atom is 0.261 e. The second kappa shape index (κ2) is 7.75. The van der Waals surface area contributed by atoms with Crippen LogP contribution in [0.5, 0.6) is 0 Å². The van der Waals surface area contributed by atoms with Gasteiger partial charge in [0.15, 0.2) is 0 Å². The molecule has 1 aliphatic carbocycles. The number of thiazole rings is 1. The quantitative estimate of drug-likeness (QED) is 0.440. The number of pyridine rings is 1. The van der Waals surface area contributed by atoms with Gasteiger partial charge in [0.2, 0.25) is 0 Å². The van der Waals surface area contributed by atoms with Gasteiger partial charge in [0.25, 0.3) is 17.4 Å². The van der Waals surface area contributed by atoms with Gasteiger partial charge < -0.3 is 16.0 Å². The van der Waals surface area contributed by atoms with Gasteiger partial charge in [0.1, 0.15) is 10.6 Å².